The number of benzene rings is 1. The molecule has 0 atom stereocenters. The fourth-order valence-corrected chi connectivity index (χ4v) is 2.57. The monoisotopic (exact) mass is 236 g/mol. The predicted octanol–water partition coefficient (Wildman–Crippen LogP) is 3.53. The molecule has 1 aromatic carbocycles. The van der Waals surface area contributed by atoms with Crippen LogP contribution in [0.1, 0.15) is 30.9 Å². The maximum absolute atomic E-state index is 11.1. The van der Waals surface area contributed by atoms with E-state index in [-0.39, 0.29) is 0 Å². The van der Waals surface area contributed by atoms with E-state index in [1.54, 1.807) is 0 Å². The van der Waals surface area contributed by atoms with Crippen LogP contribution in [0.25, 0.3) is 5.57 Å². The Morgan fingerprint density at radius 3 is 2.81 bits per heavy atom. The van der Waals surface area contributed by atoms with Gasteiger partial charge in [-0.2, -0.15) is 0 Å². The van der Waals surface area contributed by atoms with Crippen LogP contribution in [-0.2, 0) is 11.2 Å². The zero-order valence-corrected chi connectivity index (χ0v) is 9.84. The first-order chi connectivity index (χ1) is 7.65. The van der Waals surface area contributed by atoms with Crippen molar-refractivity contribution in [2.45, 2.75) is 26.2 Å². The van der Waals surface area contributed by atoms with E-state index < -0.39 is 5.97 Å². The van der Waals surface area contributed by atoms with Crippen molar-refractivity contribution in [1.82, 2.24) is 0 Å². The number of hydrogen-bond acceptors (Lipinski definition) is 1. The minimum atomic E-state index is -0.803. The van der Waals surface area contributed by atoms with Crippen LogP contribution in [0.4, 0.5) is 0 Å². The molecule has 0 spiro atoms. The van der Waals surface area contributed by atoms with Gasteiger partial charge in [0.15, 0.2) is 0 Å². The molecule has 0 saturated carbocycles. The van der Waals surface area contributed by atoms with E-state index in [0.29, 0.717) is 12.0 Å². The fraction of sp³-hybridized carbons (Fsp3) is 0.308. The highest BCUT2D eigenvalue weighted by Gasteiger charge is 2.23. The van der Waals surface area contributed by atoms with Gasteiger partial charge in [0.2, 0.25) is 0 Å². The third-order valence-corrected chi connectivity index (χ3v) is 3.40. The summed E-state index contributed by atoms with van der Waals surface area (Å²) in [5.41, 5.74) is 3.57. The van der Waals surface area contributed by atoms with Gasteiger partial charge in [-0.1, -0.05) is 30.7 Å². The molecule has 84 valence electrons. The van der Waals surface area contributed by atoms with Gasteiger partial charge in [0.25, 0.3) is 0 Å². The topological polar surface area (TPSA) is 37.3 Å². The lowest BCUT2D eigenvalue weighted by atomic mass is 9.84. The summed E-state index contributed by atoms with van der Waals surface area (Å²) in [6.07, 6.45) is 2.03. The van der Waals surface area contributed by atoms with Crippen molar-refractivity contribution < 1.29 is 9.90 Å². The predicted molar refractivity (Wildman–Crippen MR) is 64.6 cm³/mol. The standard InChI is InChI=1S/C13H13ClO2/c1-2-8-9-4-3-5-12(14)10(9)6-7-11(8)13(15)16/h3-5H,2,6-7H2,1H3,(H,15,16). The first kappa shape index (κ1) is 11.2. The molecule has 0 amide bonds. The number of carbonyl (C=O) groups is 1. The first-order valence-corrected chi connectivity index (χ1v) is 5.76. The Kier molecular flexibility index (Phi) is 3.01. The quantitative estimate of drug-likeness (QED) is 0.853. The molecule has 16 heavy (non-hydrogen) atoms. The average Bonchev–Trinajstić information content (AvgIpc) is 2.27. The minimum absolute atomic E-state index is 0.539. The number of fused-ring (bicyclic) bond motifs is 1. The number of carboxylic acids is 1. The van der Waals surface area contributed by atoms with Crippen LogP contribution in [0.2, 0.25) is 5.02 Å². The van der Waals surface area contributed by atoms with Gasteiger partial charge in [-0.05, 0) is 42.0 Å². The summed E-state index contributed by atoms with van der Waals surface area (Å²) >= 11 is 6.12. The van der Waals surface area contributed by atoms with E-state index in [1.807, 2.05) is 25.1 Å². The largest absolute Gasteiger partial charge is 0.478 e. The molecule has 0 fully saturated rings. The lowest BCUT2D eigenvalue weighted by Crippen LogP contribution is -2.12. The SMILES string of the molecule is CCC1=C(C(=O)O)CCc2c(Cl)cccc21. The molecule has 1 aromatic rings. The lowest BCUT2D eigenvalue weighted by molar-refractivity contribution is -0.132. The van der Waals surface area contributed by atoms with Crippen molar-refractivity contribution in [2.75, 3.05) is 0 Å². The van der Waals surface area contributed by atoms with Crippen molar-refractivity contribution in [3.8, 4) is 0 Å². The van der Waals surface area contributed by atoms with Gasteiger partial charge >= 0.3 is 5.97 Å². The molecule has 0 radical (unpaired) electrons. The van der Waals surface area contributed by atoms with E-state index in [1.165, 1.54) is 0 Å². The van der Waals surface area contributed by atoms with Gasteiger partial charge in [-0.15, -0.1) is 0 Å². The van der Waals surface area contributed by atoms with E-state index >= 15 is 0 Å². The average molecular weight is 237 g/mol. The smallest absolute Gasteiger partial charge is 0.331 e. The number of halogens is 1. The molecule has 0 aliphatic heterocycles. The molecule has 1 aliphatic carbocycles. The van der Waals surface area contributed by atoms with Crippen LogP contribution < -0.4 is 0 Å². The van der Waals surface area contributed by atoms with Crippen LogP contribution >= 0.6 is 11.6 Å². The summed E-state index contributed by atoms with van der Waals surface area (Å²) in [7, 11) is 0. The fourth-order valence-electron chi connectivity index (χ4n) is 2.30. The second-order valence-corrected chi connectivity index (χ2v) is 4.29. The molecular formula is C13H13ClO2. The second-order valence-electron chi connectivity index (χ2n) is 3.88. The van der Waals surface area contributed by atoms with Crippen molar-refractivity contribution in [1.29, 1.82) is 0 Å². The molecule has 0 bridgehead atoms. The molecule has 3 heteroatoms. The number of aliphatic carboxylic acids is 1. The van der Waals surface area contributed by atoms with Gasteiger partial charge in [0.1, 0.15) is 0 Å². The zero-order chi connectivity index (χ0) is 11.7. The summed E-state index contributed by atoms with van der Waals surface area (Å²) in [6.45, 7) is 1.98. The third kappa shape index (κ3) is 1.74. The Morgan fingerprint density at radius 2 is 2.19 bits per heavy atom. The van der Waals surface area contributed by atoms with Crippen LogP contribution in [0, 0.1) is 0 Å². The minimum Gasteiger partial charge on any atom is -0.478 e. The highest BCUT2D eigenvalue weighted by molar-refractivity contribution is 6.31. The highest BCUT2D eigenvalue weighted by atomic mass is 35.5. The Bertz CT molecular complexity index is 475. The maximum Gasteiger partial charge on any atom is 0.331 e. The van der Waals surface area contributed by atoms with Crippen LogP contribution in [0.5, 0.6) is 0 Å². The summed E-state index contributed by atoms with van der Waals surface area (Å²) in [5.74, 6) is -0.803. The number of hydrogen-bond donors (Lipinski definition) is 1. The Labute approximate surface area is 99.5 Å². The normalized spacial score (nSPS) is 14.9. The second kappa shape index (κ2) is 4.30. The Morgan fingerprint density at radius 1 is 1.44 bits per heavy atom. The van der Waals surface area contributed by atoms with E-state index in [4.69, 9.17) is 16.7 Å². The van der Waals surface area contributed by atoms with Crippen molar-refractivity contribution in [3.63, 3.8) is 0 Å². The Balaban J connectivity index is 2.63. The molecule has 0 heterocycles. The molecule has 0 saturated heterocycles. The van der Waals surface area contributed by atoms with E-state index in [0.717, 1.165) is 34.6 Å². The zero-order valence-electron chi connectivity index (χ0n) is 9.09. The highest BCUT2D eigenvalue weighted by Crippen LogP contribution is 2.36. The molecule has 0 aromatic heterocycles. The molecule has 2 rings (SSSR count). The van der Waals surface area contributed by atoms with Gasteiger partial charge in [0, 0.05) is 10.6 Å². The molecule has 1 aliphatic rings. The van der Waals surface area contributed by atoms with Crippen LogP contribution in [0.15, 0.2) is 23.8 Å². The summed E-state index contributed by atoms with van der Waals surface area (Å²) in [4.78, 5) is 11.1. The molecule has 1 N–H and O–H groups in total. The van der Waals surface area contributed by atoms with E-state index in [2.05, 4.69) is 0 Å². The Hall–Kier alpha value is -1.28. The first-order valence-electron chi connectivity index (χ1n) is 5.38. The molecule has 0 unspecified atom stereocenters. The summed E-state index contributed by atoms with van der Waals surface area (Å²) in [6, 6.07) is 5.70. The van der Waals surface area contributed by atoms with E-state index in [9.17, 15) is 4.79 Å². The summed E-state index contributed by atoms with van der Waals surface area (Å²) in [5, 5.41) is 9.89. The molecular weight excluding hydrogens is 224 g/mol. The third-order valence-electron chi connectivity index (χ3n) is 3.04. The van der Waals surface area contributed by atoms with Gasteiger partial charge < -0.3 is 5.11 Å². The lowest BCUT2D eigenvalue weighted by Gasteiger charge is -2.21. The van der Waals surface area contributed by atoms with Gasteiger partial charge in [-0.3, -0.25) is 0 Å². The molecule has 2 nitrogen and oxygen atoms in total. The van der Waals surface area contributed by atoms with Crippen molar-refractivity contribution in [2.24, 2.45) is 0 Å². The van der Waals surface area contributed by atoms with Crippen LogP contribution in [-0.4, -0.2) is 11.1 Å². The number of rotatable bonds is 2. The van der Waals surface area contributed by atoms with Crippen molar-refractivity contribution >= 4 is 23.1 Å². The van der Waals surface area contributed by atoms with Gasteiger partial charge in [-0.25, -0.2) is 4.79 Å². The number of allylic oxidation sites excluding steroid dienone is 1. The van der Waals surface area contributed by atoms with Gasteiger partial charge in [0.05, 0.1) is 0 Å². The maximum atomic E-state index is 11.1. The summed E-state index contributed by atoms with van der Waals surface area (Å²) < 4.78 is 0. The van der Waals surface area contributed by atoms with Crippen molar-refractivity contribution in [3.05, 3.63) is 39.9 Å². The number of carboxylic acid groups (broad SMARTS) is 1. The van der Waals surface area contributed by atoms with Crippen LogP contribution in [0.3, 0.4) is 0 Å².